The molecule has 1 aromatic heterocycles. The van der Waals surface area contributed by atoms with E-state index in [1.165, 1.54) is 6.20 Å². The van der Waals surface area contributed by atoms with E-state index in [1.54, 1.807) is 13.2 Å². The summed E-state index contributed by atoms with van der Waals surface area (Å²) in [5.41, 5.74) is 0.565. The van der Waals surface area contributed by atoms with Gasteiger partial charge in [0.15, 0.2) is 6.29 Å². The number of pyridine rings is 1. The number of nitrogens with zero attached hydrogens (tertiary/aromatic N) is 1. The molecule has 0 spiro atoms. The normalized spacial score (nSPS) is 9.27. The highest BCUT2D eigenvalue weighted by molar-refractivity contribution is 14.1. The fourth-order valence-electron chi connectivity index (χ4n) is 0.655. The van der Waals surface area contributed by atoms with E-state index in [0.717, 1.165) is 9.86 Å². The smallest absolute Gasteiger partial charge is 0.226 e. The molecule has 0 atom stereocenters. The fraction of sp³-hybridized carbons (Fsp3) is 0.143. The molecule has 0 saturated carbocycles. The zero-order valence-electron chi connectivity index (χ0n) is 5.87. The number of rotatable bonds is 2. The largest absolute Gasteiger partial charge is 0.480 e. The third kappa shape index (κ3) is 1.89. The van der Waals surface area contributed by atoms with Crippen molar-refractivity contribution in [3.05, 3.63) is 21.4 Å². The maximum Gasteiger partial charge on any atom is 0.226 e. The van der Waals surface area contributed by atoms with Crippen LogP contribution in [-0.4, -0.2) is 18.4 Å². The van der Waals surface area contributed by atoms with E-state index in [9.17, 15) is 4.79 Å². The minimum Gasteiger partial charge on any atom is -0.480 e. The highest BCUT2D eigenvalue weighted by atomic mass is 127. The first-order valence-corrected chi connectivity index (χ1v) is 4.00. The van der Waals surface area contributed by atoms with Gasteiger partial charge in [0.05, 0.1) is 10.7 Å². The van der Waals surface area contributed by atoms with Crippen LogP contribution < -0.4 is 4.74 Å². The molecule has 0 aromatic carbocycles. The molecule has 0 fully saturated rings. The Morgan fingerprint density at radius 2 is 2.45 bits per heavy atom. The topological polar surface area (TPSA) is 39.2 Å². The zero-order valence-corrected chi connectivity index (χ0v) is 8.03. The van der Waals surface area contributed by atoms with E-state index >= 15 is 0 Å². The molecule has 11 heavy (non-hydrogen) atoms. The van der Waals surface area contributed by atoms with Crippen LogP contribution in [0.1, 0.15) is 10.4 Å². The number of ether oxygens (including phenoxy) is 1. The summed E-state index contributed by atoms with van der Waals surface area (Å²) >= 11 is 2.06. The molecule has 1 heterocycles. The maximum absolute atomic E-state index is 10.3. The number of aromatic nitrogens is 1. The van der Waals surface area contributed by atoms with Crippen LogP contribution in [0.4, 0.5) is 0 Å². The maximum atomic E-state index is 10.3. The number of methoxy groups -OCH3 is 1. The number of carbonyl (C=O) groups is 1. The predicted octanol–water partition coefficient (Wildman–Crippen LogP) is 1.51. The van der Waals surface area contributed by atoms with Gasteiger partial charge < -0.3 is 4.74 Å². The Bertz CT molecular complexity index is 275. The molecule has 3 nitrogen and oxygen atoms in total. The van der Waals surface area contributed by atoms with Crippen molar-refractivity contribution < 1.29 is 9.53 Å². The third-order valence-electron chi connectivity index (χ3n) is 1.16. The minimum absolute atomic E-state index is 0.552. The minimum atomic E-state index is 0.552. The quantitative estimate of drug-likeness (QED) is 0.599. The van der Waals surface area contributed by atoms with Gasteiger partial charge >= 0.3 is 0 Å². The Morgan fingerprint density at radius 3 is 2.91 bits per heavy atom. The molecule has 0 aliphatic heterocycles. The van der Waals surface area contributed by atoms with Crippen molar-refractivity contribution in [2.75, 3.05) is 7.11 Å². The van der Waals surface area contributed by atoms with Crippen molar-refractivity contribution >= 4 is 28.9 Å². The Hall–Kier alpha value is -0.650. The van der Waals surface area contributed by atoms with Crippen LogP contribution in [0.3, 0.4) is 0 Å². The van der Waals surface area contributed by atoms with Crippen molar-refractivity contribution in [2.24, 2.45) is 0 Å². The average molecular weight is 263 g/mol. The van der Waals surface area contributed by atoms with Gasteiger partial charge in [-0.05, 0) is 28.7 Å². The second-order valence-corrected chi connectivity index (χ2v) is 3.04. The average Bonchev–Trinajstić information content (AvgIpc) is 2.04. The van der Waals surface area contributed by atoms with E-state index in [0.29, 0.717) is 11.4 Å². The summed E-state index contributed by atoms with van der Waals surface area (Å²) in [4.78, 5) is 14.2. The molecule has 1 rings (SSSR count). The van der Waals surface area contributed by atoms with E-state index in [4.69, 9.17) is 4.74 Å². The van der Waals surface area contributed by atoms with Crippen LogP contribution in [-0.2, 0) is 0 Å². The van der Waals surface area contributed by atoms with Crippen molar-refractivity contribution in [1.82, 2.24) is 4.98 Å². The van der Waals surface area contributed by atoms with Gasteiger partial charge in [-0.1, -0.05) is 0 Å². The number of carbonyl (C=O) groups excluding carboxylic acids is 1. The third-order valence-corrected chi connectivity index (χ3v) is 1.93. The molecular weight excluding hydrogens is 257 g/mol. The second-order valence-electron chi connectivity index (χ2n) is 1.88. The molecule has 0 radical (unpaired) electrons. The van der Waals surface area contributed by atoms with Gasteiger partial charge in [-0.25, -0.2) is 4.98 Å². The number of hydrogen-bond donors (Lipinski definition) is 0. The lowest BCUT2D eigenvalue weighted by Gasteiger charge is -2.00. The second kappa shape index (κ2) is 3.66. The Labute approximate surface area is 77.9 Å². The van der Waals surface area contributed by atoms with E-state index < -0.39 is 0 Å². The van der Waals surface area contributed by atoms with Gasteiger partial charge in [-0.15, -0.1) is 0 Å². The van der Waals surface area contributed by atoms with E-state index in [1.807, 2.05) is 0 Å². The summed E-state index contributed by atoms with van der Waals surface area (Å²) in [6.45, 7) is 0. The van der Waals surface area contributed by atoms with E-state index in [-0.39, 0.29) is 0 Å². The number of aldehydes is 1. The molecule has 0 N–H and O–H groups in total. The SMILES string of the molecule is COc1ncc(C=O)cc1I. The first-order valence-electron chi connectivity index (χ1n) is 2.92. The van der Waals surface area contributed by atoms with Gasteiger partial charge in [0.25, 0.3) is 0 Å². The van der Waals surface area contributed by atoms with Crippen LogP contribution in [0.25, 0.3) is 0 Å². The molecule has 0 aliphatic carbocycles. The van der Waals surface area contributed by atoms with Crippen molar-refractivity contribution in [1.29, 1.82) is 0 Å². The van der Waals surface area contributed by atoms with Gasteiger partial charge in [-0.3, -0.25) is 4.79 Å². The molecule has 4 heteroatoms. The Morgan fingerprint density at radius 1 is 1.73 bits per heavy atom. The van der Waals surface area contributed by atoms with Crippen LogP contribution >= 0.6 is 22.6 Å². The Balaban J connectivity index is 3.09. The van der Waals surface area contributed by atoms with Crippen LogP contribution in [0, 0.1) is 3.57 Å². The van der Waals surface area contributed by atoms with Crippen molar-refractivity contribution in [2.45, 2.75) is 0 Å². The number of halogens is 1. The lowest BCUT2D eigenvalue weighted by atomic mass is 10.3. The molecule has 1 aromatic rings. The summed E-state index contributed by atoms with van der Waals surface area (Å²) in [6.07, 6.45) is 2.24. The lowest BCUT2D eigenvalue weighted by molar-refractivity contribution is 0.112. The monoisotopic (exact) mass is 263 g/mol. The van der Waals surface area contributed by atoms with Gasteiger partial charge in [-0.2, -0.15) is 0 Å². The van der Waals surface area contributed by atoms with Crippen LogP contribution in [0.5, 0.6) is 5.88 Å². The molecule has 0 saturated heterocycles. The molecule has 0 bridgehead atoms. The first kappa shape index (κ1) is 8.45. The Kier molecular flexibility index (Phi) is 2.81. The molecule has 0 unspecified atom stereocenters. The van der Waals surface area contributed by atoms with Crippen molar-refractivity contribution in [3.63, 3.8) is 0 Å². The number of hydrogen-bond acceptors (Lipinski definition) is 3. The van der Waals surface area contributed by atoms with Crippen molar-refractivity contribution in [3.8, 4) is 5.88 Å². The van der Waals surface area contributed by atoms with Gasteiger partial charge in [0, 0.05) is 11.8 Å². The summed E-state index contributed by atoms with van der Waals surface area (Å²) in [5, 5.41) is 0. The highest BCUT2D eigenvalue weighted by Crippen LogP contribution is 2.16. The summed E-state index contributed by atoms with van der Waals surface area (Å²) in [7, 11) is 1.55. The zero-order chi connectivity index (χ0) is 8.27. The standard InChI is InChI=1S/C7H6INO2/c1-11-7-6(8)2-5(4-10)3-9-7/h2-4H,1H3. The molecule has 0 aliphatic rings. The van der Waals surface area contributed by atoms with Crippen LogP contribution in [0.2, 0.25) is 0 Å². The van der Waals surface area contributed by atoms with Gasteiger partial charge in [0.1, 0.15) is 0 Å². The molecule has 58 valence electrons. The lowest BCUT2D eigenvalue weighted by Crippen LogP contribution is -1.92. The molecular formula is C7H6INO2. The van der Waals surface area contributed by atoms with Gasteiger partial charge in [0.2, 0.25) is 5.88 Å². The first-order chi connectivity index (χ1) is 5.27. The summed E-state index contributed by atoms with van der Waals surface area (Å²) in [6, 6.07) is 1.72. The van der Waals surface area contributed by atoms with Crippen LogP contribution in [0.15, 0.2) is 12.3 Å². The fourth-order valence-corrected chi connectivity index (χ4v) is 1.37. The molecule has 0 amide bonds. The van der Waals surface area contributed by atoms with E-state index in [2.05, 4.69) is 27.6 Å². The summed E-state index contributed by atoms with van der Waals surface area (Å²) in [5.74, 6) is 0.552. The predicted molar refractivity (Wildman–Crippen MR) is 48.9 cm³/mol. The summed E-state index contributed by atoms with van der Waals surface area (Å²) < 4.78 is 5.75. The highest BCUT2D eigenvalue weighted by Gasteiger charge is 2.00.